The first-order valence-corrected chi connectivity index (χ1v) is 8.20. The second-order valence-electron chi connectivity index (χ2n) is 6.05. The van der Waals surface area contributed by atoms with Crippen molar-refractivity contribution in [2.45, 2.75) is 39.3 Å². The molecule has 1 aromatic carbocycles. The van der Waals surface area contributed by atoms with Crippen LogP contribution in [0.2, 0.25) is 0 Å². The highest BCUT2D eigenvalue weighted by molar-refractivity contribution is 5.18. The van der Waals surface area contributed by atoms with E-state index in [4.69, 9.17) is 9.47 Å². The number of rotatable bonds is 7. The van der Waals surface area contributed by atoms with Crippen molar-refractivity contribution in [3.05, 3.63) is 35.9 Å². The summed E-state index contributed by atoms with van der Waals surface area (Å²) in [5.74, 6) is 0.620. The molecule has 0 saturated carbocycles. The third-order valence-corrected chi connectivity index (χ3v) is 4.28. The number of nitrogens with zero attached hydrogens (tertiary/aromatic N) is 1. The average molecular weight is 291 g/mol. The molecular weight excluding hydrogens is 262 g/mol. The fourth-order valence-corrected chi connectivity index (χ4v) is 3.14. The van der Waals surface area contributed by atoms with Gasteiger partial charge in [-0.1, -0.05) is 44.2 Å². The Morgan fingerprint density at radius 3 is 2.38 bits per heavy atom. The van der Waals surface area contributed by atoms with Crippen molar-refractivity contribution in [2.24, 2.45) is 5.92 Å². The third-order valence-electron chi connectivity index (χ3n) is 4.28. The molecule has 1 fully saturated rings. The predicted octanol–water partition coefficient (Wildman–Crippen LogP) is 3.51. The third kappa shape index (κ3) is 4.80. The van der Waals surface area contributed by atoms with Crippen LogP contribution in [0.25, 0.3) is 0 Å². The van der Waals surface area contributed by atoms with Gasteiger partial charge in [-0.15, -0.1) is 0 Å². The van der Waals surface area contributed by atoms with Crippen LogP contribution >= 0.6 is 0 Å². The Morgan fingerprint density at radius 2 is 1.81 bits per heavy atom. The first-order chi connectivity index (χ1) is 10.2. The fraction of sp³-hybridized carbons (Fsp3) is 0.667. The van der Waals surface area contributed by atoms with Crippen LogP contribution in [0.4, 0.5) is 0 Å². The van der Waals surface area contributed by atoms with Crippen molar-refractivity contribution < 1.29 is 9.47 Å². The summed E-state index contributed by atoms with van der Waals surface area (Å²) in [5, 5.41) is 0. The highest BCUT2D eigenvalue weighted by Gasteiger charge is 2.27. The number of ether oxygens (including phenoxy) is 2. The van der Waals surface area contributed by atoms with Gasteiger partial charge in [0.05, 0.1) is 19.3 Å². The molecule has 1 heterocycles. The summed E-state index contributed by atoms with van der Waals surface area (Å²) in [7, 11) is 0. The Bertz CT molecular complexity index is 387. The molecule has 2 atom stereocenters. The van der Waals surface area contributed by atoms with Crippen molar-refractivity contribution in [3.8, 4) is 0 Å². The minimum absolute atomic E-state index is 0.187. The molecule has 0 spiro atoms. The highest BCUT2D eigenvalue weighted by Crippen LogP contribution is 2.28. The quantitative estimate of drug-likeness (QED) is 0.767. The van der Waals surface area contributed by atoms with Crippen molar-refractivity contribution in [3.63, 3.8) is 0 Å². The lowest BCUT2D eigenvalue weighted by Crippen LogP contribution is -2.46. The molecular formula is C18H29NO2. The van der Waals surface area contributed by atoms with Gasteiger partial charge in [-0.25, -0.2) is 0 Å². The maximum atomic E-state index is 6.04. The molecule has 21 heavy (non-hydrogen) atoms. The average Bonchev–Trinajstić information content (AvgIpc) is 2.52. The van der Waals surface area contributed by atoms with E-state index in [1.54, 1.807) is 0 Å². The number of benzene rings is 1. The van der Waals surface area contributed by atoms with Gasteiger partial charge in [-0.05, 0) is 24.8 Å². The first-order valence-electron chi connectivity index (χ1n) is 8.20. The van der Waals surface area contributed by atoms with E-state index in [2.05, 4.69) is 56.0 Å². The molecule has 3 nitrogen and oxygen atoms in total. The lowest BCUT2D eigenvalue weighted by atomic mass is 9.93. The van der Waals surface area contributed by atoms with Gasteiger partial charge in [0.15, 0.2) is 0 Å². The summed E-state index contributed by atoms with van der Waals surface area (Å²) in [4.78, 5) is 2.57. The second kappa shape index (κ2) is 8.52. The summed E-state index contributed by atoms with van der Waals surface area (Å²) >= 11 is 0. The molecule has 0 N–H and O–H groups in total. The molecule has 1 aliphatic rings. The van der Waals surface area contributed by atoms with Gasteiger partial charge in [0.2, 0.25) is 0 Å². The molecule has 0 bridgehead atoms. The van der Waals surface area contributed by atoms with Gasteiger partial charge in [0.25, 0.3) is 0 Å². The molecule has 1 aliphatic heterocycles. The molecule has 1 saturated heterocycles. The molecule has 118 valence electrons. The van der Waals surface area contributed by atoms with E-state index >= 15 is 0 Å². The Kier molecular flexibility index (Phi) is 6.68. The van der Waals surface area contributed by atoms with Gasteiger partial charge >= 0.3 is 0 Å². The van der Waals surface area contributed by atoms with Gasteiger partial charge in [-0.2, -0.15) is 0 Å². The lowest BCUT2D eigenvalue weighted by molar-refractivity contribution is -0.0219. The number of hydrogen-bond acceptors (Lipinski definition) is 3. The smallest absolute Gasteiger partial charge is 0.0839 e. The van der Waals surface area contributed by atoms with Crippen LogP contribution in [0.1, 0.15) is 38.9 Å². The van der Waals surface area contributed by atoms with Crippen LogP contribution < -0.4 is 0 Å². The zero-order valence-corrected chi connectivity index (χ0v) is 13.6. The minimum Gasteiger partial charge on any atom is -0.379 e. The molecule has 0 aliphatic carbocycles. The minimum atomic E-state index is 0.187. The first kappa shape index (κ1) is 16.5. The van der Waals surface area contributed by atoms with Crippen molar-refractivity contribution in [2.75, 3.05) is 32.9 Å². The predicted molar refractivity (Wildman–Crippen MR) is 86.4 cm³/mol. The van der Waals surface area contributed by atoms with E-state index in [0.717, 1.165) is 39.3 Å². The van der Waals surface area contributed by atoms with Gasteiger partial charge in [0.1, 0.15) is 0 Å². The summed E-state index contributed by atoms with van der Waals surface area (Å²) < 4.78 is 11.5. The topological polar surface area (TPSA) is 21.7 Å². The highest BCUT2D eigenvalue weighted by atomic mass is 16.5. The lowest BCUT2D eigenvalue weighted by Gasteiger charge is -2.38. The van der Waals surface area contributed by atoms with Crippen LogP contribution in [0.5, 0.6) is 0 Å². The Hall–Kier alpha value is -0.900. The summed E-state index contributed by atoms with van der Waals surface area (Å²) in [6.45, 7) is 11.2. The summed E-state index contributed by atoms with van der Waals surface area (Å²) in [6.07, 6.45) is 1.24. The zero-order chi connectivity index (χ0) is 15.1. The van der Waals surface area contributed by atoms with E-state index in [-0.39, 0.29) is 6.10 Å². The van der Waals surface area contributed by atoms with Gasteiger partial charge in [0, 0.05) is 25.7 Å². The van der Waals surface area contributed by atoms with Gasteiger partial charge in [-0.3, -0.25) is 4.90 Å². The van der Waals surface area contributed by atoms with Crippen molar-refractivity contribution in [1.29, 1.82) is 0 Å². The monoisotopic (exact) mass is 291 g/mol. The Labute approximate surface area is 129 Å². The van der Waals surface area contributed by atoms with E-state index in [1.165, 1.54) is 5.56 Å². The van der Waals surface area contributed by atoms with Crippen LogP contribution in [0.15, 0.2) is 30.3 Å². The Balaban J connectivity index is 2.08. The second-order valence-corrected chi connectivity index (χ2v) is 6.05. The molecule has 0 unspecified atom stereocenters. The maximum absolute atomic E-state index is 6.04. The maximum Gasteiger partial charge on any atom is 0.0839 e. The SMILES string of the molecule is CCO[C@H](C[C@@H](C(C)C)N1CCOCC1)c1ccccc1. The van der Waals surface area contributed by atoms with Crippen molar-refractivity contribution in [1.82, 2.24) is 4.90 Å². The van der Waals surface area contributed by atoms with E-state index in [9.17, 15) is 0 Å². The van der Waals surface area contributed by atoms with Crippen LogP contribution in [-0.4, -0.2) is 43.9 Å². The Morgan fingerprint density at radius 1 is 1.14 bits per heavy atom. The molecule has 2 rings (SSSR count). The number of hydrogen-bond donors (Lipinski definition) is 0. The standard InChI is InChI=1S/C18H29NO2/c1-4-21-18(16-8-6-5-7-9-16)14-17(15(2)3)19-10-12-20-13-11-19/h5-9,15,17-18H,4,10-14H2,1-3H3/t17-,18+/m0/s1. The molecule has 3 heteroatoms. The molecule has 0 radical (unpaired) electrons. The van der Waals surface area contributed by atoms with Gasteiger partial charge < -0.3 is 9.47 Å². The van der Waals surface area contributed by atoms with Crippen LogP contribution in [0.3, 0.4) is 0 Å². The van der Waals surface area contributed by atoms with E-state index in [0.29, 0.717) is 12.0 Å². The fourth-order valence-electron chi connectivity index (χ4n) is 3.14. The molecule has 1 aromatic rings. The normalized spacial score (nSPS) is 19.6. The van der Waals surface area contributed by atoms with Crippen LogP contribution in [0, 0.1) is 5.92 Å². The van der Waals surface area contributed by atoms with E-state index < -0.39 is 0 Å². The summed E-state index contributed by atoms with van der Waals surface area (Å²) in [5.41, 5.74) is 1.29. The summed E-state index contributed by atoms with van der Waals surface area (Å²) in [6, 6.07) is 11.2. The van der Waals surface area contributed by atoms with Crippen molar-refractivity contribution >= 4 is 0 Å². The molecule has 0 amide bonds. The zero-order valence-electron chi connectivity index (χ0n) is 13.6. The van der Waals surface area contributed by atoms with E-state index in [1.807, 2.05) is 0 Å². The number of morpholine rings is 1. The molecule has 0 aromatic heterocycles. The van der Waals surface area contributed by atoms with Crippen LogP contribution in [-0.2, 0) is 9.47 Å². The largest absolute Gasteiger partial charge is 0.379 e.